The Morgan fingerprint density at radius 1 is 0.889 bits per heavy atom. The van der Waals surface area contributed by atoms with E-state index in [-0.39, 0.29) is 5.91 Å². The largest absolute Gasteiger partial charge is 0.273 e. The number of hydrogen-bond donors (Lipinski definition) is 1. The summed E-state index contributed by atoms with van der Waals surface area (Å²) in [6.45, 7) is 2.23. The van der Waals surface area contributed by atoms with Crippen LogP contribution < -0.4 is 5.43 Å². The summed E-state index contributed by atoms with van der Waals surface area (Å²) in [7, 11) is 0. The fourth-order valence-corrected chi connectivity index (χ4v) is 2.99. The second-order valence-electron chi connectivity index (χ2n) is 6.83. The van der Waals surface area contributed by atoms with Crippen molar-refractivity contribution in [3.63, 3.8) is 0 Å². The number of rotatable bonds is 12. The Balaban J connectivity index is 1.81. The van der Waals surface area contributed by atoms with Gasteiger partial charge in [0.15, 0.2) is 0 Å². The van der Waals surface area contributed by atoms with Gasteiger partial charge >= 0.3 is 0 Å². The Kier molecular flexibility index (Phi) is 9.87. The predicted molar refractivity (Wildman–Crippen MR) is 112 cm³/mol. The van der Waals surface area contributed by atoms with Crippen LogP contribution in [0.2, 0.25) is 0 Å². The molecule has 1 N–H and O–H groups in total. The second-order valence-corrected chi connectivity index (χ2v) is 6.83. The third-order valence-electron chi connectivity index (χ3n) is 4.53. The molecular weight excluding hydrogens is 334 g/mol. The molecule has 0 aliphatic rings. The molecule has 0 atom stereocenters. The molecule has 27 heavy (non-hydrogen) atoms. The maximum atomic E-state index is 12.2. The lowest BCUT2D eigenvalue weighted by atomic mass is 10.0. The number of hydrazone groups is 1. The van der Waals surface area contributed by atoms with Gasteiger partial charge in [0.25, 0.3) is 0 Å². The number of carbonyl (C=O) groups is 1. The molecule has 4 nitrogen and oxygen atoms in total. The molecule has 0 aliphatic carbocycles. The lowest BCUT2D eigenvalue weighted by molar-refractivity contribution is -0.121. The van der Waals surface area contributed by atoms with Crippen LogP contribution in [0.25, 0.3) is 0 Å². The summed E-state index contributed by atoms with van der Waals surface area (Å²) in [4.78, 5) is 16.3. The highest BCUT2D eigenvalue weighted by Gasteiger charge is 2.08. The SMILES string of the molecule is CCCCCCCCCCC(=O)N/N=C(\c1ccccc1)c1cccnc1. The summed E-state index contributed by atoms with van der Waals surface area (Å²) in [6, 6.07) is 13.7. The quantitative estimate of drug-likeness (QED) is 0.307. The van der Waals surface area contributed by atoms with Gasteiger partial charge in [-0.3, -0.25) is 9.78 Å². The van der Waals surface area contributed by atoms with Crippen LogP contribution in [0.15, 0.2) is 60.0 Å². The molecule has 2 rings (SSSR count). The third-order valence-corrected chi connectivity index (χ3v) is 4.53. The van der Waals surface area contributed by atoms with E-state index < -0.39 is 0 Å². The molecule has 0 bridgehead atoms. The molecule has 144 valence electrons. The molecule has 1 amide bonds. The molecule has 1 heterocycles. The normalized spacial score (nSPS) is 11.4. The zero-order chi connectivity index (χ0) is 19.2. The summed E-state index contributed by atoms with van der Waals surface area (Å²) in [5.74, 6) is -0.0293. The molecule has 0 radical (unpaired) electrons. The highest BCUT2D eigenvalue weighted by molar-refractivity contribution is 6.12. The summed E-state index contributed by atoms with van der Waals surface area (Å²) < 4.78 is 0. The molecular formula is C23H31N3O. The topological polar surface area (TPSA) is 54.4 Å². The van der Waals surface area contributed by atoms with E-state index >= 15 is 0 Å². The van der Waals surface area contributed by atoms with E-state index in [0.717, 1.165) is 29.7 Å². The van der Waals surface area contributed by atoms with Crippen molar-refractivity contribution in [1.29, 1.82) is 0 Å². The van der Waals surface area contributed by atoms with Crippen LogP contribution in [-0.4, -0.2) is 16.6 Å². The number of aromatic nitrogens is 1. The fourth-order valence-electron chi connectivity index (χ4n) is 2.99. The van der Waals surface area contributed by atoms with Crippen LogP contribution in [0.4, 0.5) is 0 Å². The number of benzene rings is 1. The van der Waals surface area contributed by atoms with Crippen molar-refractivity contribution >= 4 is 11.6 Å². The Morgan fingerprint density at radius 2 is 1.56 bits per heavy atom. The number of pyridine rings is 1. The van der Waals surface area contributed by atoms with Crippen LogP contribution in [0.3, 0.4) is 0 Å². The average Bonchev–Trinajstić information content (AvgIpc) is 2.72. The molecule has 0 aliphatic heterocycles. The van der Waals surface area contributed by atoms with Crippen molar-refractivity contribution in [2.75, 3.05) is 0 Å². The molecule has 0 spiro atoms. The van der Waals surface area contributed by atoms with Crippen LogP contribution in [0.5, 0.6) is 0 Å². The van der Waals surface area contributed by atoms with Gasteiger partial charge in [0.05, 0.1) is 5.71 Å². The van der Waals surface area contributed by atoms with E-state index in [4.69, 9.17) is 0 Å². The summed E-state index contributed by atoms with van der Waals surface area (Å²) in [5, 5.41) is 4.39. The smallest absolute Gasteiger partial charge is 0.240 e. The molecule has 0 saturated heterocycles. The van der Waals surface area contributed by atoms with Gasteiger partial charge in [0.2, 0.25) is 5.91 Å². The fraction of sp³-hybridized carbons (Fsp3) is 0.435. The second kappa shape index (κ2) is 12.8. The zero-order valence-corrected chi connectivity index (χ0v) is 16.4. The molecule has 0 fully saturated rings. The van der Waals surface area contributed by atoms with Crippen molar-refractivity contribution < 1.29 is 4.79 Å². The minimum absolute atomic E-state index is 0.0293. The Labute approximate surface area is 163 Å². The highest BCUT2D eigenvalue weighted by Crippen LogP contribution is 2.11. The first-order chi connectivity index (χ1) is 13.3. The summed E-state index contributed by atoms with van der Waals surface area (Å²) in [6.07, 6.45) is 13.8. The van der Waals surface area contributed by atoms with Gasteiger partial charge in [0, 0.05) is 29.9 Å². The van der Waals surface area contributed by atoms with Crippen LogP contribution >= 0.6 is 0 Å². The monoisotopic (exact) mass is 365 g/mol. The van der Waals surface area contributed by atoms with E-state index in [1.54, 1.807) is 12.4 Å². The summed E-state index contributed by atoms with van der Waals surface area (Å²) >= 11 is 0. The first kappa shape index (κ1) is 20.8. The third kappa shape index (κ3) is 8.16. The maximum absolute atomic E-state index is 12.2. The molecule has 1 aromatic carbocycles. The molecule has 2 aromatic rings. The predicted octanol–water partition coefficient (Wildman–Crippen LogP) is 5.48. The van der Waals surface area contributed by atoms with Gasteiger partial charge in [-0.05, 0) is 18.6 Å². The lowest BCUT2D eigenvalue weighted by Crippen LogP contribution is -2.20. The number of amides is 1. The maximum Gasteiger partial charge on any atom is 0.240 e. The van der Waals surface area contributed by atoms with E-state index in [2.05, 4.69) is 22.4 Å². The summed E-state index contributed by atoms with van der Waals surface area (Å²) in [5.41, 5.74) is 5.29. The zero-order valence-electron chi connectivity index (χ0n) is 16.4. The molecule has 0 saturated carbocycles. The van der Waals surface area contributed by atoms with Gasteiger partial charge in [-0.1, -0.05) is 82.2 Å². The van der Waals surface area contributed by atoms with Crippen molar-refractivity contribution in [2.45, 2.75) is 64.7 Å². The Hall–Kier alpha value is -2.49. The van der Waals surface area contributed by atoms with Gasteiger partial charge in [-0.25, -0.2) is 5.43 Å². The number of nitrogens with zero attached hydrogens (tertiary/aromatic N) is 2. The first-order valence-corrected chi connectivity index (χ1v) is 10.1. The van der Waals surface area contributed by atoms with E-state index in [1.165, 1.54) is 38.5 Å². The van der Waals surface area contributed by atoms with Gasteiger partial charge in [0.1, 0.15) is 0 Å². The number of hydrogen-bond acceptors (Lipinski definition) is 3. The van der Waals surface area contributed by atoms with E-state index in [0.29, 0.717) is 6.42 Å². The Bertz CT molecular complexity index is 642. The lowest BCUT2D eigenvalue weighted by Gasteiger charge is -2.07. The van der Waals surface area contributed by atoms with Crippen LogP contribution in [0.1, 0.15) is 75.8 Å². The van der Waals surface area contributed by atoms with Crippen molar-refractivity contribution in [3.05, 3.63) is 66.0 Å². The van der Waals surface area contributed by atoms with Crippen molar-refractivity contribution in [1.82, 2.24) is 10.4 Å². The minimum Gasteiger partial charge on any atom is -0.273 e. The molecule has 4 heteroatoms. The van der Waals surface area contributed by atoms with Gasteiger partial charge < -0.3 is 0 Å². The van der Waals surface area contributed by atoms with Gasteiger partial charge in [-0.15, -0.1) is 0 Å². The first-order valence-electron chi connectivity index (χ1n) is 10.1. The van der Waals surface area contributed by atoms with Crippen molar-refractivity contribution in [3.8, 4) is 0 Å². The molecule has 0 unspecified atom stereocenters. The standard InChI is InChI=1S/C23H31N3O/c1-2-3-4-5-6-7-8-12-17-22(27)25-26-23(20-14-10-9-11-15-20)21-16-13-18-24-19-21/h9-11,13-16,18-19H,2-8,12,17H2,1H3,(H,25,27)/b26-23+. The Morgan fingerprint density at radius 3 is 2.22 bits per heavy atom. The van der Waals surface area contributed by atoms with E-state index in [1.807, 2.05) is 42.5 Å². The number of carbonyl (C=O) groups excluding carboxylic acids is 1. The van der Waals surface area contributed by atoms with E-state index in [9.17, 15) is 4.79 Å². The van der Waals surface area contributed by atoms with Crippen LogP contribution in [0, 0.1) is 0 Å². The van der Waals surface area contributed by atoms with Crippen molar-refractivity contribution in [2.24, 2.45) is 5.10 Å². The minimum atomic E-state index is -0.0293. The molecule has 1 aromatic heterocycles. The van der Waals surface area contributed by atoms with Crippen LogP contribution in [-0.2, 0) is 4.79 Å². The highest BCUT2D eigenvalue weighted by atomic mass is 16.2. The average molecular weight is 366 g/mol. The van der Waals surface area contributed by atoms with Gasteiger partial charge in [-0.2, -0.15) is 5.10 Å². The number of nitrogens with one attached hydrogen (secondary N) is 1. The number of unbranched alkanes of at least 4 members (excludes halogenated alkanes) is 7.